The molecule has 4 heteroatoms. The van der Waals surface area contributed by atoms with Crippen LogP contribution < -0.4 is 9.64 Å². The highest BCUT2D eigenvalue weighted by molar-refractivity contribution is 5.78. The van der Waals surface area contributed by atoms with E-state index in [2.05, 4.69) is 0 Å². The van der Waals surface area contributed by atoms with Crippen LogP contribution in [0.5, 0.6) is 5.75 Å². The Labute approximate surface area is 94.8 Å². The second-order valence-electron chi connectivity index (χ2n) is 3.71. The molecule has 1 aromatic rings. The number of carbonyl (C=O) groups is 1. The van der Waals surface area contributed by atoms with Crippen LogP contribution in [0.15, 0.2) is 24.3 Å². The van der Waals surface area contributed by atoms with E-state index < -0.39 is 6.10 Å². The van der Waals surface area contributed by atoms with E-state index in [4.69, 9.17) is 9.47 Å². The van der Waals surface area contributed by atoms with Crippen molar-refractivity contribution in [2.24, 2.45) is 0 Å². The van der Waals surface area contributed by atoms with Gasteiger partial charge >= 0.3 is 5.97 Å². The van der Waals surface area contributed by atoms with Crippen LogP contribution in [-0.2, 0) is 9.53 Å². The molecule has 1 unspecified atom stereocenters. The molecular weight excluding hydrogens is 206 g/mol. The standard InChI is InChI=1S/C12H15NO3/c1-3-15-12(14)11-8-13(2)9-6-4-5-7-10(9)16-11/h4-7,11H,3,8H2,1-2H3. The third-order valence-corrected chi connectivity index (χ3v) is 2.53. The van der Waals surface area contributed by atoms with Gasteiger partial charge in [0.1, 0.15) is 5.75 Å². The summed E-state index contributed by atoms with van der Waals surface area (Å²) in [6.07, 6.45) is -0.528. The van der Waals surface area contributed by atoms with Crippen molar-refractivity contribution in [3.05, 3.63) is 24.3 Å². The molecule has 1 atom stereocenters. The van der Waals surface area contributed by atoms with Gasteiger partial charge in [0.2, 0.25) is 6.10 Å². The van der Waals surface area contributed by atoms with Gasteiger partial charge in [0.25, 0.3) is 0 Å². The van der Waals surface area contributed by atoms with E-state index in [1.54, 1.807) is 6.92 Å². The molecule has 0 aromatic heterocycles. The molecule has 86 valence electrons. The topological polar surface area (TPSA) is 38.8 Å². The van der Waals surface area contributed by atoms with E-state index in [1.165, 1.54) is 0 Å². The fourth-order valence-electron chi connectivity index (χ4n) is 1.77. The number of rotatable bonds is 2. The Kier molecular flexibility index (Phi) is 2.99. The molecule has 1 aromatic carbocycles. The van der Waals surface area contributed by atoms with Crippen molar-refractivity contribution in [2.75, 3.05) is 25.1 Å². The van der Waals surface area contributed by atoms with Gasteiger partial charge in [-0.15, -0.1) is 0 Å². The highest BCUT2D eigenvalue weighted by Gasteiger charge is 2.29. The average molecular weight is 221 g/mol. The SMILES string of the molecule is CCOC(=O)C1CN(C)c2ccccc2O1. The van der Waals surface area contributed by atoms with Gasteiger partial charge in [-0.05, 0) is 19.1 Å². The second-order valence-corrected chi connectivity index (χ2v) is 3.71. The Morgan fingerprint density at radius 1 is 1.56 bits per heavy atom. The van der Waals surface area contributed by atoms with Gasteiger partial charge in [0.05, 0.1) is 18.8 Å². The van der Waals surface area contributed by atoms with Crippen molar-refractivity contribution >= 4 is 11.7 Å². The zero-order valence-corrected chi connectivity index (χ0v) is 9.47. The molecule has 1 heterocycles. The van der Waals surface area contributed by atoms with Gasteiger partial charge in [-0.3, -0.25) is 0 Å². The van der Waals surface area contributed by atoms with Crippen LogP contribution in [0.3, 0.4) is 0 Å². The summed E-state index contributed by atoms with van der Waals surface area (Å²) >= 11 is 0. The van der Waals surface area contributed by atoms with Crippen molar-refractivity contribution in [2.45, 2.75) is 13.0 Å². The van der Waals surface area contributed by atoms with Gasteiger partial charge in [0.15, 0.2) is 0 Å². The Bertz CT molecular complexity index is 392. The van der Waals surface area contributed by atoms with Crippen LogP contribution in [0.1, 0.15) is 6.92 Å². The zero-order chi connectivity index (χ0) is 11.5. The summed E-state index contributed by atoms with van der Waals surface area (Å²) in [5.41, 5.74) is 1.00. The van der Waals surface area contributed by atoms with Crippen LogP contribution in [0.4, 0.5) is 5.69 Å². The first kappa shape index (κ1) is 10.8. The van der Waals surface area contributed by atoms with Crippen LogP contribution >= 0.6 is 0 Å². The number of carbonyl (C=O) groups excluding carboxylic acids is 1. The van der Waals surface area contributed by atoms with E-state index in [-0.39, 0.29) is 5.97 Å². The molecule has 0 amide bonds. The molecule has 0 fully saturated rings. The van der Waals surface area contributed by atoms with Crippen LogP contribution in [0, 0.1) is 0 Å². The first-order chi connectivity index (χ1) is 7.72. The maximum atomic E-state index is 11.6. The number of ether oxygens (including phenoxy) is 2. The average Bonchev–Trinajstić information content (AvgIpc) is 2.29. The van der Waals surface area contributed by atoms with E-state index >= 15 is 0 Å². The maximum Gasteiger partial charge on any atom is 0.349 e. The molecule has 1 aliphatic rings. The number of esters is 1. The molecule has 0 bridgehead atoms. The summed E-state index contributed by atoms with van der Waals surface area (Å²) in [5, 5.41) is 0. The van der Waals surface area contributed by atoms with E-state index in [9.17, 15) is 4.79 Å². The minimum atomic E-state index is -0.528. The van der Waals surface area contributed by atoms with Crippen molar-refractivity contribution in [1.82, 2.24) is 0 Å². The minimum absolute atomic E-state index is 0.302. The first-order valence-corrected chi connectivity index (χ1v) is 5.36. The third kappa shape index (κ3) is 1.96. The van der Waals surface area contributed by atoms with Gasteiger partial charge in [-0.25, -0.2) is 4.79 Å². The van der Waals surface area contributed by atoms with E-state index in [1.807, 2.05) is 36.2 Å². The smallest absolute Gasteiger partial charge is 0.349 e. The maximum absolute atomic E-state index is 11.6. The fraction of sp³-hybridized carbons (Fsp3) is 0.417. The van der Waals surface area contributed by atoms with Crippen LogP contribution in [-0.4, -0.2) is 32.3 Å². The monoisotopic (exact) mass is 221 g/mol. The predicted octanol–water partition coefficient (Wildman–Crippen LogP) is 1.45. The molecule has 0 aliphatic carbocycles. The molecule has 0 saturated carbocycles. The van der Waals surface area contributed by atoms with Crippen LogP contribution in [0.25, 0.3) is 0 Å². The largest absolute Gasteiger partial charge is 0.475 e. The van der Waals surface area contributed by atoms with Gasteiger partial charge in [-0.1, -0.05) is 12.1 Å². The third-order valence-electron chi connectivity index (χ3n) is 2.53. The van der Waals surface area contributed by atoms with Crippen molar-refractivity contribution < 1.29 is 14.3 Å². The van der Waals surface area contributed by atoms with Gasteiger partial charge in [0, 0.05) is 7.05 Å². The van der Waals surface area contributed by atoms with Crippen LogP contribution in [0.2, 0.25) is 0 Å². The molecule has 0 saturated heterocycles. The normalized spacial score (nSPS) is 18.6. The Morgan fingerprint density at radius 3 is 3.06 bits per heavy atom. The number of nitrogens with zero attached hydrogens (tertiary/aromatic N) is 1. The lowest BCUT2D eigenvalue weighted by Crippen LogP contribution is -2.43. The highest BCUT2D eigenvalue weighted by Crippen LogP contribution is 2.31. The lowest BCUT2D eigenvalue weighted by atomic mass is 10.2. The summed E-state index contributed by atoms with van der Waals surface area (Å²) in [6.45, 7) is 2.69. The predicted molar refractivity (Wildman–Crippen MR) is 60.8 cm³/mol. The zero-order valence-electron chi connectivity index (χ0n) is 9.47. The fourth-order valence-corrected chi connectivity index (χ4v) is 1.77. The molecule has 16 heavy (non-hydrogen) atoms. The molecular formula is C12H15NO3. The quantitative estimate of drug-likeness (QED) is 0.708. The summed E-state index contributed by atoms with van der Waals surface area (Å²) in [5.74, 6) is 0.429. The Morgan fingerprint density at radius 2 is 2.31 bits per heavy atom. The molecule has 0 radical (unpaired) electrons. The number of anilines is 1. The minimum Gasteiger partial charge on any atom is -0.475 e. The molecule has 4 nitrogen and oxygen atoms in total. The molecule has 0 spiro atoms. The summed E-state index contributed by atoms with van der Waals surface area (Å²) in [4.78, 5) is 13.6. The van der Waals surface area contributed by atoms with E-state index in [0.29, 0.717) is 13.2 Å². The molecule has 0 N–H and O–H groups in total. The Hall–Kier alpha value is -1.71. The first-order valence-electron chi connectivity index (χ1n) is 5.36. The number of benzene rings is 1. The lowest BCUT2D eigenvalue weighted by Gasteiger charge is -2.32. The number of hydrogen-bond acceptors (Lipinski definition) is 4. The van der Waals surface area contributed by atoms with Gasteiger partial charge < -0.3 is 14.4 Å². The number of likely N-dealkylation sites (N-methyl/N-ethyl adjacent to an activating group) is 1. The molecule has 2 rings (SSSR count). The summed E-state index contributed by atoms with van der Waals surface area (Å²) in [7, 11) is 1.94. The molecule has 1 aliphatic heterocycles. The van der Waals surface area contributed by atoms with Crippen molar-refractivity contribution in [3.63, 3.8) is 0 Å². The summed E-state index contributed by atoms with van der Waals surface area (Å²) < 4.78 is 10.6. The number of hydrogen-bond donors (Lipinski definition) is 0. The van der Waals surface area contributed by atoms with Gasteiger partial charge in [-0.2, -0.15) is 0 Å². The van der Waals surface area contributed by atoms with Crippen molar-refractivity contribution in [1.29, 1.82) is 0 Å². The van der Waals surface area contributed by atoms with E-state index in [0.717, 1.165) is 11.4 Å². The lowest BCUT2D eigenvalue weighted by molar-refractivity contribution is -0.151. The number of para-hydroxylation sites is 2. The number of fused-ring (bicyclic) bond motifs is 1. The van der Waals surface area contributed by atoms with Crippen molar-refractivity contribution in [3.8, 4) is 5.75 Å². The second kappa shape index (κ2) is 4.43. The highest BCUT2D eigenvalue weighted by atomic mass is 16.6. The summed E-state index contributed by atoms with van der Waals surface area (Å²) in [6, 6.07) is 7.66. The Balaban J connectivity index is 2.18.